The SMILES string of the molecule is Cc1ccc(CO)cc1-n1c2c(cc(-c3nc(-c4ccc(Cl)cc4)cs3)c1=O)C(=O)CCC2. The molecule has 0 atom stereocenters. The lowest BCUT2D eigenvalue weighted by atomic mass is 9.92. The standard InChI is InChI=1S/C26H21ClN2O3S/c1-15-5-6-16(13-30)11-23(15)29-22-3-2-4-24(31)19(22)12-20(26(29)32)25-28-21(14-33-25)17-7-9-18(27)10-8-17/h5-12,14,30H,2-4,13H2,1H3. The first-order valence-corrected chi connectivity index (χ1v) is 12.0. The fourth-order valence-electron chi connectivity index (χ4n) is 4.24. The Labute approximate surface area is 199 Å². The van der Waals surface area contributed by atoms with Crippen molar-refractivity contribution >= 4 is 28.7 Å². The molecule has 0 saturated heterocycles. The van der Waals surface area contributed by atoms with Crippen LogP contribution in [0.5, 0.6) is 0 Å². The zero-order chi connectivity index (χ0) is 23.1. The van der Waals surface area contributed by atoms with Gasteiger partial charge in [0.2, 0.25) is 0 Å². The number of carbonyl (C=O) groups is 1. The van der Waals surface area contributed by atoms with Gasteiger partial charge in [0, 0.05) is 33.6 Å². The van der Waals surface area contributed by atoms with E-state index in [-0.39, 0.29) is 17.9 Å². The molecule has 0 aliphatic heterocycles. The van der Waals surface area contributed by atoms with E-state index in [0.29, 0.717) is 51.7 Å². The molecule has 0 radical (unpaired) electrons. The minimum absolute atomic E-state index is 0.0386. The Bertz CT molecular complexity index is 1440. The Hall–Kier alpha value is -3.06. The minimum atomic E-state index is -0.210. The molecule has 0 spiro atoms. The van der Waals surface area contributed by atoms with E-state index in [2.05, 4.69) is 0 Å². The van der Waals surface area contributed by atoms with Crippen LogP contribution in [0.1, 0.15) is 40.0 Å². The van der Waals surface area contributed by atoms with Gasteiger partial charge in [0.05, 0.1) is 23.6 Å². The summed E-state index contributed by atoms with van der Waals surface area (Å²) in [6, 6.07) is 14.6. The van der Waals surface area contributed by atoms with Crippen LogP contribution in [-0.4, -0.2) is 20.4 Å². The molecule has 5 nitrogen and oxygen atoms in total. The van der Waals surface area contributed by atoms with Gasteiger partial charge in [-0.2, -0.15) is 0 Å². The summed E-state index contributed by atoms with van der Waals surface area (Å²) in [5.74, 6) is 0.0386. The zero-order valence-corrected chi connectivity index (χ0v) is 19.5. The van der Waals surface area contributed by atoms with Gasteiger partial charge in [0.15, 0.2) is 5.78 Å². The summed E-state index contributed by atoms with van der Waals surface area (Å²) in [6.45, 7) is 1.80. The molecule has 0 amide bonds. The van der Waals surface area contributed by atoms with Crippen molar-refractivity contribution in [2.24, 2.45) is 0 Å². The number of hydrogen-bond donors (Lipinski definition) is 1. The highest BCUT2D eigenvalue weighted by Gasteiger charge is 2.26. The van der Waals surface area contributed by atoms with Crippen molar-refractivity contribution in [2.45, 2.75) is 32.8 Å². The number of aliphatic hydroxyl groups is 1. The van der Waals surface area contributed by atoms with Crippen molar-refractivity contribution in [3.8, 4) is 27.5 Å². The monoisotopic (exact) mass is 476 g/mol. The summed E-state index contributed by atoms with van der Waals surface area (Å²) in [7, 11) is 0. The van der Waals surface area contributed by atoms with Crippen LogP contribution in [0.15, 0.2) is 58.7 Å². The van der Waals surface area contributed by atoms with E-state index < -0.39 is 0 Å². The van der Waals surface area contributed by atoms with Gasteiger partial charge < -0.3 is 5.11 Å². The summed E-state index contributed by atoms with van der Waals surface area (Å²) >= 11 is 7.38. The van der Waals surface area contributed by atoms with Gasteiger partial charge in [-0.1, -0.05) is 35.9 Å². The number of halogens is 1. The Morgan fingerprint density at radius 2 is 1.85 bits per heavy atom. The molecule has 2 aromatic carbocycles. The smallest absolute Gasteiger partial charge is 0.265 e. The highest BCUT2D eigenvalue weighted by atomic mass is 35.5. The van der Waals surface area contributed by atoms with E-state index in [1.165, 1.54) is 11.3 Å². The second-order valence-corrected chi connectivity index (χ2v) is 9.45. The highest BCUT2D eigenvalue weighted by Crippen LogP contribution is 2.32. The molecule has 4 aromatic rings. The van der Waals surface area contributed by atoms with E-state index in [1.54, 1.807) is 22.8 Å². The number of aromatic nitrogens is 2. The first-order valence-electron chi connectivity index (χ1n) is 10.7. The van der Waals surface area contributed by atoms with Crippen molar-refractivity contribution in [3.63, 3.8) is 0 Å². The molecule has 1 N–H and O–H groups in total. The van der Waals surface area contributed by atoms with Crippen molar-refractivity contribution in [1.29, 1.82) is 0 Å². The number of hydrogen-bond acceptors (Lipinski definition) is 5. The molecule has 166 valence electrons. The van der Waals surface area contributed by atoms with Crippen LogP contribution >= 0.6 is 22.9 Å². The van der Waals surface area contributed by atoms with Gasteiger partial charge >= 0.3 is 0 Å². The second-order valence-electron chi connectivity index (χ2n) is 8.16. The Kier molecular flexibility index (Phi) is 5.74. The molecule has 2 aromatic heterocycles. The number of nitrogens with zero attached hydrogens (tertiary/aromatic N) is 2. The van der Waals surface area contributed by atoms with Gasteiger partial charge in [0.1, 0.15) is 5.01 Å². The first-order chi connectivity index (χ1) is 16.0. The topological polar surface area (TPSA) is 72.2 Å². The number of aryl methyl sites for hydroxylation is 1. The molecule has 1 aliphatic carbocycles. The maximum absolute atomic E-state index is 13.8. The molecule has 0 saturated carbocycles. The predicted molar refractivity (Wildman–Crippen MR) is 132 cm³/mol. The summed E-state index contributed by atoms with van der Waals surface area (Å²) in [5.41, 5.74) is 5.45. The molecule has 0 bridgehead atoms. The molecule has 7 heteroatoms. The summed E-state index contributed by atoms with van der Waals surface area (Å²) in [4.78, 5) is 31.4. The molecular formula is C26H21ClN2O3S. The third-order valence-electron chi connectivity index (χ3n) is 5.99. The molecular weight excluding hydrogens is 456 g/mol. The van der Waals surface area contributed by atoms with Crippen LogP contribution in [0.3, 0.4) is 0 Å². The van der Waals surface area contributed by atoms with E-state index in [9.17, 15) is 14.7 Å². The first kappa shape index (κ1) is 21.8. The Balaban J connectivity index is 1.73. The number of Topliss-reactive ketones (excluding diaryl/α,β-unsaturated/α-hetero) is 1. The van der Waals surface area contributed by atoms with Gasteiger partial charge in [-0.25, -0.2) is 4.98 Å². The number of thiazole rings is 1. The number of fused-ring (bicyclic) bond motifs is 1. The summed E-state index contributed by atoms with van der Waals surface area (Å²) in [6.07, 6.45) is 1.82. The number of aliphatic hydroxyl groups excluding tert-OH is 1. The van der Waals surface area contributed by atoms with Crippen LogP contribution in [0.2, 0.25) is 5.02 Å². The lowest BCUT2D eigenvalue weighted by Gasteiger charge is -2.23. The second kappa shape index (κ2) is 8.71. The predicted octanol–water partition coefficient (Wildman–Crippen LogP) is 5.60. The van der Waals surface area contributed by atoms with Crippen LogP contribution < -0.4 is 5.56 Å². The number of carbonyl (C=O) groups excluding carboxylic acids is 1. The average molecular weight is 477 g/mol. The van der Waals surface area contributed by atoms with Crippen molar-refractivity contribution in [1.82, 2.24) is 9.55 Å². The fourth-order valence-corrected chi connectivity index (χ4v) is 5.21. The molecule has 0 fully saturated rings. The number of ketones is 1. The summed E-state index contributed by atoms with van der Waals surface area (Å²) in [5, 5.41) is 12.8. The van der Waals surface area contributed by atoms with Crippen LogP contribution in [0.25, 0.3) is 27.5 Å². The van der Waals surface area contributed by atoms with Gasteiger partial charge in [-0.15, -0.1) is 11.3 Å². The molecule has 2 heterocycles. The lowest BCUT2D eigenvalue weighted by Crippen LogP contribution is -2.29. The fraction of sp³-hybridized carbons (Fsp3) is 0.192. The van der Waals surface area contributed by atoms with Crippen LogP contribution in [-0.2, 0) is 13.0 Å². The van der Waals surface area contributed by atoms with E-state index in [1.807, 2.05) is 42.6 Å². The lowest BCUT2D eigenvalue weighted by molar-refractivity contribution is 0.0971. The van der Waals surface area contributed by atoms with Crippen molar-refractivity contribution in [2.75, 3.05) is 0 Å². The molecule has 0 unspecified atom stereocenters. The number of pyridine rings is 1. The van der Waals surface area contributed by atoms with Crippen LogP contribution in [0, 0.1) is 6.92 Å². The zero-order valence-electron chi connectivity index (χ0n) is 18.0. The normalized spacial score (nSPS) is 13.2. The molecule has 1 aliphatic rings. The average Bonchev–Trinajstić information content (AvgIpc) is 3.30. The Morgan fingerprint density at radius 1 is 1.06 bits per heavy atom. The maximum Gasteiger partial charge on any atom is 0.265 e. The van der Waals surface area contributed by atoms with Gasteiger partial charge in [-0.3, -0.25) is 14.2 Å². The van der Waals surface area contributed by atoms with E-state index in [0.717, 1.165) is 22.5 Å². The van der Waals surface area contributed by atoms with Crippen molar-refractivity contribution in [3.05, 3.63) is 91.7 Å². The van der Waals surface area contributed by atoms with Crippen LogP contribution in [0.4, 0.5) is 0 Å². The highest BCUT2D eigenvalue weighted by molar-refractivity contribution is 7.13. The molecule has 33 heavy (non-hydrogen) atoms. The summed E-state index contributed by atoms with van der Waals surface area (Å²) < 4.78 is 1.65. The van der Waals surface area contributed by atoms with Crippen molar-refractivity contribution < 1.29 is 9.90 Å². The van der Waals surface area contributed by atoms with E-state index >= 15 is 0 Å². The number of benzene rings is 2. The van der Waals surface area contributed by atoms with Gasteiger partial charge in [0.25, 0.3) is 5.56 Å². The number of rotatable bonds is 4. The molecule has 5 rings (SSSR count). The van der Waals surface area contributed by atoms with Gasteiger partial charge in [-0.05, 0) is 55.2 Å². The maximum atomic E-state index is 13.8. The quantitative estimate of drug-likeness (QED) is 0.416. The largest absolute Gasteiger partial charge is 0.392 e. The Morgan fingerprint density at radius 3 is 2.61 bits per heavy atom. The minimum Gasteiger partial charge on any atom is -0.392 e. The third kappa shape index (κ3) is 3.95. The van der Waals surface area contributed by atoms with E-state index in [4.69, 9.17) is 16.6 Å². The third-order valence-corrected chi connectivity index (χ3v) is 7.12.